The fourth-order valence-corrected chi connectivity index (χ4v) is 2.73. The van der Waals surface area contributed by atoms with Crippen LogP contribution in [0.4, 0.5) is 5.69 Å². The smallest absolute Gasteiger partial charge is 0.228 e. The van der Waals surface area contributed by atoms with E-state index in [-0.39, 0.29) is 23.7 Å². The molecule has 136 valence electrons. The Morgan fingerprint density at radius 3 is 2.50 bits per heavy atom. The average Bonchev–Trinajstić information content (AvgIpc) is 3.48. The average molecular weight is 355 g/mol. The van der Waals surface area contributed by atoms with Gasteiger partial charge in [-0.2, -0.15) is 0 Å². The van der Waals surface area contributed by atoms with E-state index >= 15 is 0 Å². The number of aromatic nitrogens is 1. The van der Waals surface area contributed by atoms with Gasteiger partial charge in [0.05, 0.1) is 31.7 Å². The highest BCUT2D eigenvalue weighted by atomic mass is 16.5. The molecule has 1 saturated carbocycles. The fraction of sp³-hybridized carbons (Fsp3) is 0.316. The molecule has 1 heterocycles. The molecule has 26 heavy (non-hydrogen) atoms. The first-order valence-electron chi connectivity index (χ1n) is 8.32. The maximum absolute atomic E-state index is 12.4. The second-order valence-electron chi connectivity index (χ2n) is 6.08. The van der Waals surface area contributed by atoms with Gasteiger partial charge in [-0.3, -0.25) is 14.6 Å². The van der Waals surface area contributed by atoms with Gasteiger partial charge >= 0.3 is 0 Å². The highest BCUT2D eigenvalue weighted by Crippen LogP contribution is 2.40. The normalized spacial score (nSPS) is 17.9. The molecule has 2 N–H and O–H groups in total. The molecule has 0 aliphatic heterocycles. The second-order valence-corrected chi connectivity index (χ2v) is 6.08. The van der Waals surface area contributed by atoms with Crippen LogP contribution in [0.25, 0.3) is 0 Å². The van der Waals surface area contributed by atoms with Crippen LogP contribution in [0.15, 0.2) is 42.7 Å². The lowest BCUT2D eigenvalue weighted by atomic mass is 10.2. The third-order valence-corrected chi connectivity index (χ3v) is 4.34. The Kier molecular flexibility index (Phi) is 5.36. The molecule has 0 bridgehead atoms. The van der Waals surface area contributed by atoms with Crippen molar-refractivity contribution in [3.05, 3.63) is 48.3 Å². The molecule has 0 saturated heterocycles. The van der Waals surface area contributed by atoms with Crippen LogP contribution in [0.1, 0.15) is 12.0 Å². The van der Waals surface area contributed by atoms with Crippen molar-refractivity contribution in [1.29, 1.82) is 0 Å². The van der Waals surface area contributed by atoms with Crippen LogP contribution >= 0.6 is 0 Å². The Morgan fingerprint density at radius 1 is 1.08 bits per heavy atom. The number of carbonyl (C=O) groups excluding carboxylic acids is 2. The van der Waals surface area contributed by atoms with Crippen molar-refractivity contribution in [1.82, 2.24) is 10.3 Å². The predicted octanol–water partition coefficient (Wildman–Crippen LogP) is 1.99. The number of benzene rings is 1. The number of amides is 2. The van der Waals surface area contributed by atoms with E-state index in [0.717, 1.165) is 5.56 Å². The molecule has 2 atom stereocenters. The van der Waals surface area contributed by atoms with Crippen molar-refractivity contribution in [2.45, 2.75) is 13.0 Å². The van der Waals surface area contributed by atoms with E-state index in [9.17, 15) is 9.59 Å². The molecule has 3 rings (SSSR count). The largest absolute Gasteiger partial charge is 0.497 e. The minimum absolute atomic E-state index is 0.112. The summed E-state index contributed by atoms with van der Waals surface area (Å²) in [5.41, 5.74) is 1.50. The number of rotatable bonds is 7. The highest BCUT2D eigenvalue weighted by Gasteiger charge is 2.48. The zero-order chi connectivity index (χ0) is 18.5. The third kappa shape index (κ3) is 4.11. The number of pyridine rings is 1. The molecule has 7 heteroatoms. The zero-order valence-electron chi connectivity index (χ0n) is 14.7. The summed E-state index contributed by atoms with van der Waals surface area (Å²) >= 11 is 0. The van der Waals surface area contributed by atoms with Crippen molar-refractivity contribution in [2.75, 3.05) is 19.5 Å². The maximum Gasteiger partial charge on any atom is 0.228 e. The van der Waals surface area contributed by atoms with E-state index in [1.807, 2.05) is 12.1 Å². The van der Waals surface area contributed by atoms with Gasteiger partial charge in [0.1, 0.15) is 11.5 Å². The molecule has 1 aromatic carbocycles. The zero-order valence-corrected chi connectivity index (χ0v) is 14.7. The summed E-state index contributed by atoms with van der Waals surface area (Å²) in [5, 5.41) is 5.68. The number of nitrogens with one attached hydrogen (secondary N) is 2. The molecule has 1 aliphatic carbocycles. The Balaban J connectivity index is 1.55. The Labute approximate surface area is 151 Å². The van der Waals surface area contributed by atoms with E-state index in [0.29, 0.717) is 30.2 Å². The molecular formula is C19H21N3O4. The summed E-state index contributed by atoms with van der Waals surface area (Å²) in [4.78, 5) is 28.6. The molecule has 0 spiro atoms. The van der Waals surface area contributed by atoms with Crippen molar-refractivity contribution in [3.8, 4) is 11.5 Å². The van der Waals surface area contributed by atoms with Crippen LogP contribution < -0.4 is 20.1 Å². The van der Waals surface area contributed by atoms with Gasteiger partial charge in [-0.25, -0.2) is 0 Å². The van der Waals surface area contributed by atoms with Gasteiger partial charge in [-0.15, -0.1) is 0 Å². The summed E-state index contributed by atoms with van der Waals surface area (Å²) in [7, 11) is 3.08. The number of hydrogen-bond donors (Lipinski definition) is 2. The van der Waals surface area contributed by atoms with Crippen LogP contribution in [-0.2, 0) is 16.1 Å². The van der Waals surface area contributed by atoms with Crippen molar-refractivity contribution >= 4 is 17.5 Å². The van der Waals surface area contributed by atoms with Crippen molar-refractivity contribution in [3.63, 3.8) is 0 Å². The highest BCUT2D eigenvalue weighted by molar-refractivity contribution is 6.00. The standard InChI is InChI=1S/C19H21N3O4/c1-25-13-3-4-17(26-2)16(9-13)22-19(24)15-10-14(15)18(23)21-11-12-5-7-20-8-6-12/h3-9,14-15H,10-11H2,1-2H3,(H,21,23)(H,22,24). The van der Waals surface area contributed by atoms with Gasteiger partial charge in [0, 0.05) is 25.0 Å². The molecule has 2 unspecified atom stereocenters. The molecule has 2 aromatic rings. The van der Waals surface area contributed by atoms with Gasteiger partial charge in [0.25, 0.3) is 0 Å². The molecular weight excluding hydrogens is 334 g/mol. The lowest BCUT2D eigenvalue weighted by Crippen LogP contribution is -2.27. The summed E-state index contributed by atoms with van der Waals surface area (Å²) in [6, 6.07) is 8.84. The van der Waals surface area contributed by atoms with E-state index in [1.165, 1.54) is 7.11 Å². The van der Waals surface area contributed by atoms with E-state index < -0.39 is 0 Å². The first-order valence-corrected chi connectivity index (χ1v) is 8.32. The number of hydrogen-bond acceptors (Lipinski definition) is 5. The molecule has 1 aliphatic rings. The first kappa shape index (κ1) is 17.7. The Bertz CT molecular complexity index is 795. The minimum Gasteiger partial charge on any atom is -0.497 e. The third-order valence-electron chi connectivity index (χ3n) is 4.34. The summed E-state index contributed by atoms with van der Waals surface area (Å²) in [6.45, 7) is 0.426. The van der Waals surface area contributed by atoms with E-state index in [2.05, 4.69) is 15.6 Å². The first-order chi connectivity index (χ1) is 12.6. The van der Waals surface area contributed by atoms with Crippen LogP contribution in [0.3, 0.4) is 0 Å². The maximum atomic E-state index is 12.4. The number of anilines is 1. The van der Waals surface area contributed by atoms with Gasteiger partial charge in [0.2, 0.25) is 11.8 Å². The van der Waals surface area contributed by atoms with Gasteiger partial charge in [0.15, 0.2) is 0 Å². The Hall–Kier alpha value is -3.09. The van der Waals surface area contributed by atoms with Gasteiger partial charge < -0.3 is 20.1 Å². The molecule has 1 fully saturated rings. The van der Waals surface area contributed by atoms with Gasteiger partial charge in [-0.05, 0) is 36.2 Å². The van der Waals surface area contributed by atoms with E-state index in [4.69, 9.17) is 9.47 Å². The lowest BCUT2D eigenvalue weighted by molar-refractivity contribution is -0.125. The molecule has 2 amide bonds. The number of nitrogens with zero attached hydrogens (tertiary/aromatic N) is 1. The van der Waals surface area contributed by atoms with E-state index in [1.54, 1.807) is 37.7 Å². The van der Waals surface area contributed by atoms with Crippen molar-refractivity contribution in [2.24, 2.45) is 11.8 Å². The second kappa shape index (κ2) is 7.86. The number of methoxy groups -OCH3 is 2. The van der Waals surface area contributed by atoms with Crippen LogP contribution in [0, 0.1) is 11.8 Å². The molecule has 1 aromatic heterocycles. The number of ether oxygens (including phenoxy) is 2. The summed E-state index contributed by atoms with van der Waals surface area (Å²) < 4.78 is 10.4. The lowest BCUT2D eigenvalue weighted by Gasteiger charge is -2.11. The minimum atomic E-state index is -0.330. The SMILES string of the molecule is COc1ccc(OC)c(NC(=O)C2CC2C(=O)NCc2ccncc2)c1. The summed E-state index contributed by atoms with van der Waals surface area (Å²) in [6.07, 6.45) is 3.90. The van der Waals surface area contributed by atoms with Crippen LogP contribution in [0.2, 0.25) is 0 Å². The predicted molar refractivity (Wildman–Crippen MR) is 95.9 cm³/mol. The topological polar surface area (TPSA) is 89.5 Å². The molecule has 0 radical (unpaired) electrons. The molecule has 7 nitrogen and oxygen atoms in total. The monoisotopic (exact) mass is 355 g/mol. The van der Waals surface area contributed by atoms with Crippen LogP contribution in [-0.4, -0.2) is 31.0 Å². The summed E-state index contributed by atoms with van der Waals surface area (Å²) in [5.74, 6) is 0.221. The van der Waals surface area contributed by atoms with Crippen LogP contribution in [0.5, 0.6) is 11.5 Å². The fourth-order valence-electron chi connectivity index (χ4n) is 2.73. The van der Waals surface area contributed by atoms with Gasteiger partial charge in [-0.1, -0.05) is 0 Å². The quantitative estimate of drug-likeness (QED) is 0.793. The van der Waals surface area contributed by atoms with Crippen molar-refractivity contribution < 1.29 is 19.1 Å². The Morgan fingerprint density at radius 2 is 1.81 bits per heavy atom. The number of carbonyl (C=O) groups is 2.